The number of imide groups is 1. The largest absolute Gasteiger partial charge is 0.497 e. The maximum atomic E-state index is 13.6. The number of hydrogen-bond acceptors (Lipinski definition) is 4. The van der Waals surface area contributed by atoms with Crippen LogP contribution in [0.15, 0.2) is 66.4 Å². The molecule has 0 unspecified atom stereocenters. The van der Waals surface area contributed by atoms with E-state index in [9.17, 15) is 9.59 Å². The molecule has 0 spiro atoms. The average molecular weight is 427 g/mol. The van der Waals surface area contributed by atoms with Crippen molar-refractivity contribution in [1.29, 1.82) is 0 Å². The van der Waals surface area contributed by atoms with E-state index in [1.54, 1.807) is 31.4 Å². The minimum atomic E-state index is -0.381. The summed E-state index contributed by atoms with van der Waals surface area (Å²) in [7, 11) is 1.58. The molecule has 1 aliphatic heterocycles. The van der Waals surface area contributed by atoms with Crippen LogP contribution in [-0.4, -0.2) is 18.9 Å². The van der Waals surface area contributed by atoms with Gasteiger partial charge in [0.15, 0.2) is 0 Å². The van der Waals surface area contributed by atoms with Crippen LogP contribution in [0.5, 0.6) is 5.75 Å². The number of hydrogen-bond donors (Lipinski definition) is 1. The molecule has 3 aromatic carbocycles. The quantitative estimate of drug-likeness (QED) is 0.561. The third-order valence-corrected chi connectivity index (χ3v) is 5.84. The van der Waals surface area contributed by atoms with E-state index in [0.717, 1.165) is 33.5 Å². The maximum Gasteiger partial charge on any atom is 0.282 e. The molecule has 0 fully saturated rings. The minimum Gasteiger partial charge on any atom is -0.497 e. The number of rotatable bonds is 5. The first-order valence-electron chi connectivity index (χ1n) is 10.5. The van der Waals surface area contributed by atoms with Crippen LogP contribution in [0.4, 0.5) is 11.4 Å². The van der Waals surface area contributed by atoms with Crippen LogP contribution in [0.2, 0.25) is 0 Å². The highest BCUT2D eigenvalue weighted by molar-refractivity contribution is 6.46. The van der Waals surface area contributed by atoms with Crippen LogP contribution in [0.3, 0.4) is 0 Å². The number of nitrogens with one attached hydrogen (secondary N) is 1. The fourth-order valence-corrected chi connectivity index (χ4v) is 3.92. The number of ether oxygens (including phenoxy) is 1. The van der Waals surface area contributed by atoms with Gasteiger partial charge in [0.25, 0.3) is 11.8 Å². The molecular weight excluding hydrogens is 400 g/mol. The topological polar surface area (TPSA) is 58.6 Å². The highest BCUT2D eigenvalue weighted by atomic mass is 16.5. The Hall–Kier alpha value is -3.86. The summed E-state index contributed by atoms with van der Waals surface area (Å²) in [5.41, 5.74) is 6.97. The van der Waals surface area contributed by atoms with Crippen LogP contribution in [-0.2, 0) is 9.59 Å². The summed E-state index contributed by atoms with van der Waals surface area (Å²) in [6, 6.07) is 18.7. The van der Waals surface area contributed by atoms with Crippen molar-refractivity contribution in [2.24, 2.45) is 0 Å². The Bertz CT molecular complexity index is 1260. The van der Waals surface area contributed by atoms with Crippen LogP contribution in [0, 0.1) is 27.7 Å². The molecule has 3 aromatic rings. The van der Waals surface area contributed by atoms with Crippen molar-refractivity contribution in [3.63, 3.8) is 0 Å². The van der Waals surface area contributed by atoms with Crippen molar-refractivity contribution >= 4 is 28.8 Å². The molecule has 32 heavy (non-hydrogen) atoms. The molecule has 0 bridgehead atoms. The normalized spacial score (nSPS) is 13.7. The van der Waals surface area contributed by atoms with Crippen LogP contribution in [0.25, 0.3) is 5.57 Å². The zero-order valence-electron chi connectivity index (χ0n) is 18.9. The van der Waals surface area contributed by atoms with Crippen molar-refractivity contribution in [3.05, 3.63) is 94.2 Å². The van der Waals surface area contributed by atoms with E-state index in [0.29, 0.717) is 17.0 Å². The van der Waals surface area contributed by atoms with E-state index < -0.39 is 0 Å². The Balaban J connectivity index is 1.83. The van der Waals surface area contributed by atoms with Gasteiger partial charge in [-0.3, -0.25) is 9.59 Å². The Morgan fingerprint density at radius 1 is 0.750 bits per heavy atom. The molecule has 0 atom stereocenters. The number of methoxy groups -OCH3 is 1. The number of anilines is 2. The lowest BCUT2D eigenvalue weighted by molar-refractivity contribution is -0.120. The monoisotopic (exact) mass is 426 g/mol. The molecule has 1 aliphatic rings. The molecule has 5 nitrogen and oxygen atoms in total. The summed E-state index contributed by atoms with van der Waals surface area (Å²) in [5.74, 6) is -0.0734. The predicted octanol–water partition coefficient (Wildman–Crippen LogP) is 5.33. The van der Waals surface area contributed by atoms with Gasteiger partial charge in [-0.05, 0) is 86.3 Å². The summed E-state index contributed by atoms with van der Waals surface area (Å²) in [5, 5.41) is 3.24. The molecule has 162 valence electrons. The van der Waals surface area contributed by atoms with Gasteiger partial charge < -0.3 is 10.1 Å². The molecule has 0 aliphatic carbocycles. The average Bonchev–Trinajstić information content (AvgIpc) is 3.00. The molecular formula is C27H26N2O3. The fraction of sp³-hybridized carbons (Fsp3) is 0.185. The van der Waals surface area contributed by atoms with E-state index in [2.05, 4.69) is 5.32 Å². The number of benzene rings is 3. The Morgan fingerprint density at radius 2 is 1.47 bits per heavy atom. The fourth-order valence-electron chi connectivity index (χ4n) is 3.92. The van der Waals surface area contributed by atoms with Crippen LogP contribution < -0.4 is 15.0 Å². The molecule has 0 aromatic heterocycles. The van der Waals surface area contributed by atoms with E-state index in [-0.39, 0.29) is 17.5 Å². The first-order chi connectivity index (χ1) is 15.3. The summed E-state index contributed by atoms with van der Waals surface area (Å²) >= 11 is 0. The van der Waals surface area contributed by atoms with Crippen LogP contribution in [0.1, 0.15) is 27.8 Å². The van der Waals surface area contributed by atoms with Gasteiger partial charge in [0, 0.05) is 5.69 Å². The van der Waals surface area contributed by atoms with E-state index in [4.69, 9.17) is 4.74 Å². The van der Waals surface area contributed by atoms with Crippen molar-refractivity contribution in [3.8, 4) is 5.75 Å². The number of aryl methyl sites for hydroxylation is 4. The van der Waals surface area contributed by atoms with E-state index in [1.807, 2.05) is 64.1 Å². The summed E-state index contributed by atoms with van der Waals surface area (Å²) in [6.45, 7) is 8.02. The van der Waals surface area contributed by atoms with Gasteiger partial charge in [-0.2, -0.15) is 0 Å². The van der Waals surface area contributed by atoms with Gasteiger partial charge in [-0.15, -0.1) is 0 Å². The lowest BCUT2D eigenvalue weighted by atomic mass is 9.97. The van der Waals surface area contributed by atoms with E-state index >= 15 is 0 Å². The number of carbonyl (C=O) groups excluding carboxylic acids is 2. The molecule has 0 saturated heterocycles. The van der Waals surface area contributed by atoms with Gasteiger partial charge in [0.2, 0.25) is 0 Å². The third kappa shape index (κ3) is 3.78. The zero-order valence-corrected chi connectivity index (χ0v) is 18.9. The lowest BCUT2D eigenvalue weighted by Gasteiger charge is -2.16. The first kappa shape index (κ1) is 21.4. The molecule has 5 heteroatoms. The molecule has 0 saturated carbocycles. The zero-order chi connectivity index (χ0) is 23.0. The minimum absolute atomic E-state index is 0.279. The summed E-state index contributed by atoms with van der Waals surface area (Å²) < 4.78 is 5.21. The second-order valence-corrected chi connectivity index (χ2v) is 8.14. The van der Waals surface area contributed by atoms with Crippen molar-refractivity contribution < 1.29 is 14.3 Å². The third-order valence-electron chi connectivity index (χ3n) is 5.84. The molecule has 0 radical (unpaired) electrons. The first-order valence-corrected chi connectivity index (χ1v) is 10.5. The van der Waals surface area contributed by atoms with Gasteiger partial charge >= 0.3 is 0 Å². The van der Waals surface area contributed by atoms with Gasteiger partial charge in [0.1, 0.15) is 11.4 Å². The highest BCUT2D eigenvalue weighted by Gasteiger charge is 2.40. The molecule has 1 N–H and O–H groups in total. The van der Waals surface area contributed by atoms with Crippen molar-refractivity contribution in [2.75, 3.05) is 17.3 Å². The molecule has 4 rings (SSSR count). The Kier molecular flexibility index (Phi) is 5.57. The summed E-state index contributed by atoms with van der Waals surface area (Å²) in [4.78, 5) is 28.4. The molecule has 1 heterocycles. The molecule has 2 amide bonds. The second-order valence-electron chi connectivity index (χ2n) is 8.14. The number of carbonyl (C=O) groups is 2. The Morgan fingerprint density at radius 3 is 2.09 bits per heavy atom. The van der Waals surface area contributed by atoms with Gasteiger partial charge in [-0.1, -0.05) is 29.8 Å². The number of amides is 2. The SMILES string of the molecule is COc1ccc(N2C(=O)C(Nc3ccc(C)c(C)c3)=C(c3ccc(C)cc3C)C2=O)cc1. The highest BCUT2D eigenvalue weighted by Crippen LogP contribution is 2.36. The van der Waals surface area contributed by atoms with Crippen molar-refractivity contribution in [2.45, 2.75) is 27.7 Å². The smallest absolute Gasteiger partial charge is 0.282 e. The van der Waals surface area contributed by atoms with Gasteiger partial charge in [0.05, 0.1) is 18.4 Å². The van der Waals surface area contributed by atoms with Crippen molar-refractivity contribution in [1.82, 2.24) is 0 Å². The second kappa shape index (κ2) is 8.35. The maximum absolute atomic E-state index is 13.6. The van der Waals surface area contributed by atoms with Gasteiger partial charge in [-0.25, -0.2) is 4.90 Å². The number of nitrogens with zero attached hydrogens (tertiary/aromatic N) is 1. The summed E-state index contributed by atoms with van der Waals surface area (Å²) in [6.07, 6.45) is 0. The predicted molar refractivity (Wildman–Crippen MR) is 128 cm³/mol. The lowest BCUT2D eigenvalue weighted by Crippen LogP contribution is -2.32. The van der Waals surface area contributed by atoms with E-state index in [1.165, 1.54) is 4.90 Å². The van der Waals surface area contributed by atoms with Crippen LogP contribution >= 0.6 is 0 Å². The standard InChI is InChI=1S/C27H26N2O3/c1-16-6-13-23(19(4)14-16)24-25(28-20-8-7-17(2)18(3)15-20)27(31)29(26(24)30)21-9-11-22(32-5)12-10-21/h6-15,28H,1-5H3. The Labute approximate surface area is 188 Å².